The molecule has 0 aliphatic heterocycles. The largest absolute Gasteiger partial charge is 0.357 e. The number of nitro groups is 1. The minimum absolute atomic E-state index is 0.0107. The van der Waals surface area contributed by atoms with Gasteiger partial charge in [0.1, 0.15) is 5.03 Å². The Labute approximate surface area is 112 Å². The van der Waals surface area contributed by atoms with Gasteiger partial charge in [-0.2, -0.15) is 0 Å². The quantitative estimate of drug-likeness (QED) is 0.527. The zero-order valence-corrected chi connectivity index (χ0v) is 10.6. The Balaban J connectivity index is 2.23. The van der Waals surface area contributed by atoms with Crippen LogP contribution in [0.5, 0.6) is 0 Å². The molecular formula is C11H9FN4O2S. The summed E-state index contributed by atoms with van der Waals surface area (Å²) in [7, 11) is 1.63. The van der Waals surface area contributed by atoms with Crippen molar-refractivity contribution >= 4 is 23.4 Å². The Morgan fingerprint density at radius 3 is 2.63 bits per heavy atom. The van der Waals surface area contributed by atoms with Crippen LogP contribution in [0.3, 0.4) is 0 Å². The van der Waals surface area contributed by atoms with Crippen molar-refractivity contribution in [2.45, 2.75) is 9.92 Å². The molecule has 2 rings (SSSR count). The Morgan fingerprint density at radius 1 is 1.37 bits per heavy atom. The molecule has 0 radical (unpaired) electrons. The molecule has 98 valence electrons. The van der Waals surface area contributed by atoms with E-state index in [2.05, 4.69) is 15.3 Å². The molecule has 0 bridgehead atoms. The Bertz CT molecular complexity index is 606. The summed E-state index contributed by atoms with van der Waals surface area (Å²) < 4.78 is 13.5. The van der Waals surface area contributed by atoms with Gasteiger partial charge in [0, 0.05) is 24.1 Å². The van der Waals surface area contributed by atoms with E-state index in [0.717, 1.165) is 18.0 Å². The molecule has 0 aliphatic rings. The van der Waals surface area contributed by atoms with Crippen LogP contribution in [-0.2, 0) is 0 Å². The van der Waals surface area contributed by atoms with Gasteiger partial charge >= 0.3 is 0 Å². The van der Waals surface area contributed by atoms with Crippen molar-refractivity contribution in [3.05, 3.63) is 46.4 Å². The van der Waals surface area contributed by atoms with E-state index in [1.54, 1.807) is 19.2 Å². The summed E-state index contributed by atoms with van der Waals surface area (Å²) in [4.78, 5) is 18.4. The van der Waals surface area contributed by atoms with Crippen molar-refractivity contribution in [3.8, 4) is 0 Å². The number of nitro benzene ring substituents is 1. The molecular weight excluding hydrogens is 271 g/mol. The van der Waals surface area contributed by atoms with Gasteiger partial charge < -0.3 is 5.32 Å². The maximum Gasteiger partial charge on any atom is 0.269 e. The third kappa shape index (κ3) is 3.16. The van der Waals surface area contributed by atoms with Gasteiger partial charge in [-0.15, -0.1) is 0 Å². The van der Waals surface area contributed by atoms with E-state index in [1.807, 2.05) is 0 Å². The molecule has 0 amide bonds. The molecule has 1 aromatic carbocycles. The second-order valence-electron chi connectivity index (χ2n) is 3.45. The fourth-order valence-corrected chi connectivity index (χ4v) is 2.07. The van der Waals surface area contributed by atoms with Crippen molar-refractivity contribution in [3.63, 3.8) is 0 Å². The summed E-state index contributed by atoms with van der Waals surface area (Å²) in [5.41, 5.74) is -0.0107. The summed E-state index contributed by atoms with van der Waals surface area (Å²) in [5.74, 6) is -0.229. The van der Waals surface area contributed by atoms with E-state index in [1.165, 1.54) is 12.1 Å². The van der Waals surface area contributed by atoms with Crippen molar-refractivity contribution < 1.29 is 9.31 Å². The van der Waals surface area contributed by atoms with Crippen LogP contribution in [0.15, 0.2) is 40.4 Å². The molecule has 0 saturated heterocycles. The lowest BCUT2D eigenvalue weighted by Gasteiger charge is -2.04. The SMILES string of the molecule is CNc1ncc(F)c(Sc2ccc([N+](=O)[O-])cc2)n1. The molecule has 0 saturated carbocycles. The lowest BCUT2D eigenvalue weighted by atomic mass is 10.3. The number of hydrogen-bond acceptors (Lipinski definition) is 6. The van der Waals surface area contributed by atoms with E-state index in [4.69, 9.17) is 0 Å². The van der Waals surface area contributed by atoms with Crippen LogP contribution in [0, 0.1) is 15.9 Å². The fraction of sp³-hybridized carbons (Fsp3) is 0.0909. The molecule has 1 heterocycles. The first-order valence-corrected chi connectivity index (χ1v) is 6.04. The maximum absolute atomic E-state index is 13.5. The first-order valence-electron chi connectivity index (χ1n) is 5.23. The van der Waals surface area contributed by atoms with Crippen molar-refractivity contribution in [1.82, 2.24) is 9.97 Å². The van der Waals surface area contributed by atoms with Crippen LogP contribution in [0.25, 0.3) is 0 Å². The number of nitrogens with zero attached hydrogens (tertiary/aromatic N) is 3. The van der Waals surface area contributed by atoms with Crippen molar-refractivity contribution in [2.24, 2.45) is 0 Å². The van der Waals surface area contributed by atoms with Crippen LogP contribution in [0.2, 0.25) is 0 Å². The Hall–Kier alpha value is -2.22. The Morgan fingerprint density at radius 2 is 2.05 bits per heavy atom. The first-order chi connectivity index (χ1) is 9.10. The molecule has 8 heteroatoms. The van der Waals surface area contributed by atoms with E-state index >= 15 is 0 Å². The predicted octanol–water partition coefficient (Wildman–Crippen LogP) is 2.72. The molecule has 0 spiro atoms. The number of aromatic nitrogens is 2. The van der Waals surface area contributed by atoms with Gasteiger partial charge in [-0.05, 0) is 12.1 Å². The van der Waals surface area contributed by atoms with Gasteiger partial charge in [-0.25, -0.2) is 14.4 Å². The van der Waals surface area contributed by atoms with Gasteiger partial charge in [0.05, 0.1) is 11.1 Å². The van der Waals surface area contributed by atoms with Gasteiger partial charge in [0.15, 0.2) is 5.82 Å². The second kappa shape index (κ2) is 5.61. The highest BCUT2D eigenvalue weighted by molar-refractivity contribution is 7.99. The number of non-ortho nitro benzene ring substituents is 1. The lowest BCUT2D eigenvalue weighted by Crippen LogP contribution is -1.98. The smallest absolute Gasteiger partial charge is 0.269 e. The topological polar surface area (TPSA) is 81.0 Å². The molecule has 6 nitrogen and oxygen atoms in total. The van der Waals surface area contributed by atoms with Gasteiger partial charge in [-0.3, -0.25) is 10.1 Å². The van der Waals surface area contributed by atoms with Crippen LogP contribution in [0.1, 0.15) is 0 Å². The van der Waals surface area contributed by atoms with E-state index in [9.17, 15) is 14.5 Å². The summed E-state index contributed by atoms with van der Waals surface area (Å²) >= 11 is 1.08. The number of anilines is 1. The second-order valence-corrected chi connectivity index (χ2v) is 4.51. The summed E-state index contributed by atoms with van der Waals surface area (Å²) in [6.45, 7) is 0. The van der Waals surface area contributed by atoms with Crippen LogP contribution in [-0.4, -0.2) is 21.9 Å². The molecule has 1 aromatic heterocycles. The van der Waals surface area contributed by atoms with Crippen LogP contribution >= 0.6 is 11.8 Å². The van der Waals surface area contributed by atoms with Gasteiger partial charge in [0.2, 0.25) is 5.95 Å². The number of nitrogens with one attached hydrogen (secondary N) is 1. The molecule has 1 N–H and O–H groups in total. The molecule has 0 atom stereocenters. The number of hydrogen-bond donors (Lipinski definition) is 1. The van der Waals surface area contributed by atoms with Crippen LogP contribution in [0.4, 0.5) is 16.0 Å². The molecule has 19 heavy (non-hydrogen) atoms. The fourth-order valence-electron chi connectivity index (χ4n) is 1.29. The maximum atomic E-state index is 13.5. The summed E-state index contributed by atoms with van der Waals surface area (Å²) in [6, 6.07) is 5.81. The molecule has 0 fully saturated rings. The standard InChI is InChI=1S/C11H9FN4O2S/c1-13-11-14-6-9(12)10(15-11)19-8-4-2-7(3-5-8)16(17)18/h2-6H,1H3,(H,13,14,15). The zero-order valence-electron chi connectivity index (χ0n) is 9.83. The molecule has 0 unspecified atom stereocenters. The highest BCUT2D eigenvalue weighted by atomic mass is 32.2. The lowest BCUT2D eigenvalue weighted by molar-refractivity contribution is -0.384. The number of halogens is 1. The average molecular weight is 280 g/mol. The minimum atomic E-state index is -0.539. The normalized spacial score (nSPS) is 10.2. The van der Waals surface area contributed by atoms with Crippen LogP contribution < -0.4 is 5.32 Å². The predicted molar refractivity (Wildman–Crippen MR) is 68.8 cm³/mol. The number of rotatable bonds is 4. The summed E-state index contributed by atoms with van der Waals surface area (Å²) in [5, 5.41) is 13.4. The highest BCUT2D eigenvalue weighted by Gasteiger charge is 2.10. The van der Waals surface area contributed by atoms with Crippen molar-refractivity contribution in [2.75, 3.05) is 12.4 Å². The Kier molecular flexibility index (Phi) is 3.91. The van der Waals surface area contributed by atoms with Gasteiger partial charge in [-0.1, -0.05) is 11.8 Å². The van der Waals surface area contributed by atoms with E-state index in [0.29, 0.717) is 10.8 Å². The highest BCUT2D eigenvalue weighted by Crippen LogP contribution is 2.29. The minimum Gasteiger partial charge on any atom is -0.357 e. The third-order valence-corrected chi connectivity index (χ3v) is 3.19. The number of benzene rings is 1. The molecule has 0 aliphatic carbocycles. The van der Waals surface area contributed by atoms with E-state index in [-0.39, 0.29) is 10.7 Å². The first kappa shape index (κ1) is 13.2. The van der Waals surface area contributed by atoms with Gasteiger partial charge in [0.25, 0.3) is 5.69 Å². The van der Waals surface area contributed by atoms with Crippen molar-refractivity contribution in [1.29, 1.82) is 0 Å². The zero-order chi connectivity index (χ0) is 13.8. The molecule has 2 aromatic rings. The monoisotopic (exact) mass is 280 g/mol. The summed E-state index contributed by atoms with van der Waals surface area (Å²) in [6.07, 6.45) is 1.08. The van der Waals surface area contributed by atoms with E-state index < -0.39 is 10.7 Å². The average Bonchev–Trinajstić information content (AvgIpc) is 2.42. The third-order valence-electron chi connectivity index (χ3n) is 2.20.